The van der Waals surface area contributed by atoms with Crippen molar-refractivity contribution in [3.8, 4) is 0 Å². The number of nitrogens with zero attached hydrogens (tertiary/aromatic N) is 5. The number of rotatable bonds is 10. The number of urea groups is 1. The summed E-state index contributed by atoms with van der Waals surface area (Å²) in [6.07, 6.45) is 0.771. The zero-order valence-corrected chi connectivity index (χ0v) is 23.9. The lowest BCUT2D eigenvalue weighted by atomic mass is 9.87. The third-order valence-electron chi connectivity index (χ3n) is 7.31. The minimum absolute atomic E-state index is 0.0630. The van der Waals surface area contributed by atoms with Gasteiger partial charge in [-0.05, 0) is 56.3 Å². The summed E-state index contributed by atoms with van der Waals surface area (Å²) in [6.45, 7) is 12.4. The van der Waals surface area contributed by atoms with E-state index in [2.05, 4.69) is 65.1 Å². The Hall–Kier alpha value is -3.32. The Kier molecular flexibility index (Phi) is 9.24. The second-order valence-electron chi connectivity index (χ2n) is 11.6. The standard InChI is InChI=1S/C28H42N8O4/c1-17(2)35(13-7-6-12-30-27(39)34-19-10-8-18(9-11-19)28(3,4)5)14-20-22(37)23(38)26(40-20)36-16-33-21-24(29)31-15-32-25(21)36/h8-11,15-17,20,22-23,26,37-38H,6-7,12-14H2,1-5H3,(H2,29,31,32)(H2,30,34,39)/t20-,22+,23-,26-/m1/s1. The molecular weight excluding hydrogens is 512 g/mol. The number of hydrogen-bond acceptors (Lipinski definition) is 9. The van der Waals surface area contributed by atoms with Crippen LogP contribution in [0.1, 0.15) is 59.3 Å². The van der Waals surface area contributed by atoms with Crippen LogP contribution >= 0.6 is 0 Å². The van der Waals surface area contributed by atoms with Gasteiger partial charge in [-0.15, -0.1) is 0 Å². The van der Waals surface area contributed by atoms with Crippen LogP contribution in [0.25, 0.3) is 11.2 Å². The van der Waals surface area contributed by atoms with Crippen LogP contribution in [0.2, 0.25) is 0 Å². The lowest BCUT2D eigenvalue weighted by Gasteiger charge is -2.30. The van der Waals surface area contributed by atoms with Gasteiger partial charge >= 0.3 is 6.03 Å². The van der Waals surface area contributed by atoms with Gasteiger partial charge in [0.2, 0.25) is 0 Å². The zero-order valence-electron chi connectivity index (χ0n) is 23.9. The molecule has 2 aromatic heterocycles. The predicted octanol–water partition coefficient (Wildman–Crippen LogP) is 2.64. The van der Waals surface area contributed by atoms with Gasteiger partial charge in [-0.2, -0.15) is 0 Å². The van der Waals surface area contributed by atoms with E-state index in [0.717, 1.165) is 25.1 Å². The van der Waals surface area contributed by atoms with E-state index in [-0.39, 0.29) is 23.3 Å². The number of aliphatic hydroxyl groups excluding tert-OH is 2. The maximum Gasteiger partial charge on any atom is 0.319 e. The third kappa shape index (κ3) is 6.87. The summed E-state index contributed by atoms with van der Waals surface area (Å²) >= 11 is 0. The number of nitrogen functional groups attached to an aromatic ring is 1. The minimum Gasteiger partial charge on any atom is -0.387 e. The second-order valence-corrected chi connectivity index (χ2v) is 11.6. The van der Waals surface area contributed by atoms with Gasteiger partial charge in [-0.1, -0.05) is 32.9 Å². The van der Waals surface area contributed by atoms with Crippen LogP contribution < -0.4 is 16.4 Å². The smallest absolute Gasteiger partial charge is 0.319 e. The van der Waals surface area contributed by atoms with Crippen LogP contribution in [0, 0.1) is 0 Å². The molecular formula is C28H42N8O4. The molecule has 0 spiro atoms. The zero-order chi connectivity index (χ0) is 29.0. The average Bonchev–Trinajstić information content (AvgIpc) is 3.44. The molecule has 12 heteroatoms. The highest BCUT2D eigenvalue weighted by Crippen LogP contribution is 2.32. The lowest BCUT2D eigenvalue weighted by molar-refractivity contribution is -0.0469. The monoisotopic (exact) mass is 554 g/mol. The Morgan fingerprint density at radius 3 is 2.52 bits per heavy atom. The molecule has 40 heavy (non-hydrogen) atoms. The summed E-state index contributed by atoms with van der Waals surface area (Å²) in [5.74, 6) is 0.237. The molecule has 2 amide bonds. The molecule has 6 N–H and O–H groups in total. The van der Waals surface area contributed by atoms with E-state index in [1.54, 1.807) is 4.57 Å². The van der Waals surface area contributed by atoms with E-state index in [1.165, 1.54) is 18.2 Å². The number of nitrogens with two attached hydrogens (primary N) is 1. The van der Waals surface area contributed by atoms with Crippen molar-refractivity contribution in [2.45, 2.75) is 83.5 Å². The van der Waals surface area contributed by atoms with Gasteiger partial charge < -0.3 is 31.3 Å². The van der Waals surface area contributed by atoms with Crippen molar-refractivity contribution in [1.82, 2.24) is 29.7 Å². The quantitative estimate of drug-likeness (QED) is 0.237. The first kappa shape index (κ1) is 29.7. The van der Waals surface area contributed by atoms with Crippen molar-refractivity contribution in [1.29, 1.82) is 0 Å². The Morgan fingerprint density at radius 1 is 1.12 bits per heavy atom. The van der Waals surface area contributed by atoms with Crippen molar-refractivity contribution in [2.75, 3.05) is 30.7 Å². The van der Waals surface area contributed by atoms with Crippen LogP contribution in [0.15, 0.2) is 36.9 Å². The normalized spacial score (nSPS) is 21.4. The van der Waals surface area contributed by atoms with Gasteiger partial charge in [0.05, 0.1) is 6.33 Å². The van der Waals surface area contributed by atoms with Crippen molar-refractivity contribution in [3.05, 3.63) is 42.5 Å². The van der Waals surface area contributed by atoms with E-state index in [9.17, 15) is 15.0 Å². The fourth-order valence-corrected chi connectivity index (χ4v) is 4.83. The Balaban J connectivity index is 1.23. The molecule has 1 aromatic carbocycles. The number of ether oxygens (including phenoxy) is 1. The molecule has 3 heterocycles. The molecule has 1 fully saturated rings. The maximum atomic E-state index is 12.3. The summed E-state index contributed by atoms with van der Waals surface area (Å²) in [6, 6.07) is 7.86. The molecule has 218 valence electrons. The molecule has 0 saturated carbocycles. The number of hydrogen-bond donors (Lipinski definition) is 5. The largest absolute Gasteiger partial charge is 0.387 e. The Bertz CT molecular complexity index is 1270. The SMILES string of the molecule is CC(C)N(CCCCNC(=O)Nc1ccc(C(C)(C)C)cc1)C[C@H]1O[C@@H](n2cnc3c(N)ncnc32)[C@H](O)[C@H]1O. The van der Waals surface area contributed by atoms with Crippen LogP contribution in [0.4, 0.5) is 16.3 Å². The molecule has 0 unspecified atom stereocenters. The molecule has 4 atom stereocenters. The number of aromatic nitrogens is 4. The van der Waals surface area contributed by atoms with Gasteiger partial charge in [-0.3, -0.25) is 9.47 Å². The molecule has 0 bridgehead atoms. The molecule has 1 aliphatic heterocycles. The van der Waals surface area contributed by atoms with Gasteiger partial charge in [0.25, 0.3) is 0 Å². The third-order valence-corrected chi connectivity index (χ3v) is 7.31. The molecule has 1 aliphatic rings. The summed E-state index contributed by atoms with van der Waals surface area (Å²) in [7, 11) is 0. The molecule has 0 aliphatic carbocycles. The number of carbonyl (C=O) groups is 1. The summed E-state index contributed by atoms with van der Waals surface area (Å²) in [5.41, 5.74) is 8.76. The maximum absolute atomic E-state index is 12.3. The molecule has 3 aromatic rings. The van der Waals surface area contributed by atoms with Gasteiger partial charge in [0.15, 0.2) is 17.7 Å². The molecule has 4 rings (SSSR count). The van der Waals surface area contributed by atoms with Crippen LogP contribution in [0.5, 0.6) is 0 Å². The number of fused-ring (bicyclic) bond motifs is 1. The van der Waals surface area contributed by atoms with Gasteiger partial charge in [0.1, 0.15) is 30.2 Å². The minimum atomic E-state index is -1.15. The number of carbonyl (C=O) groups excluding carboxylic acids is 1. The number of nitrogens with one attached hydrogen (secondary N) is 2. The van der Waals surface area contributed by atoms with Crippen molar-refractivity contribution in [2.24, 2.45) is 0 Å². The summed E-state index contributed by atoms with van der Waals surface area (Å²) in [4.78, 5) is 26.9. The first-order valence-electron chi connectivity index (χ1n) is 13.8. The number of imidazole rings is 1. The van der Waals surface area contributed by atoms with Crippen LogP contribution in [-0.2, 0) is 10.2 Å². The van der Waals surface area contributed by atoms with E-state index in [0.29, 0.717) is 24.3 Å². The highest BCUT2D eigenvalue weighted by molar-refractivity contribution is 5.89. The predicted molar refractivity (Wildman–Crippen MR) is 154 cm³/mol. The van der Waals surface area contributed by atoms with Crippen molar-refractivity contribution >= 4 is 28.7 Å². The van der Waals surface area contributed by atoms with E-state index in [4.69, 9.17) is 10.5 Å². The van der Waals surface area contributed by atoms with Crippen LogP contribution in [-0.4, -0.2) is 84.7 Å². The fraction of sp³-hybridized carbons (Fsp3) is 0.571. The average molecular weight is 555 g/mol. The van der Waals surface area contributed by atoms with Gasteiger partial charge in [0, 0.05) is 24.8 Å². The number of amides is 2. The summed E-state index contributed by atoms with van der Waals surface area (Å²) < 4.78 is 7.70. The fourth-order valence-electron chi connectivity index (χ4n) is 4.83. The van der Waals surface area contributed by atoms with Crippen molar-refractivity contribution in [3.63, 3.8) is 0 Å². The first-order chi connectivity index (χ1) is 19.0. The second kappa shape index (κ2) is 12.5. The van der Waals surface area contributed by atoms with Crippen LogP contribution in [0.3, 0.4) is 0 Å². The number of benzene rings is 1. The molecule has 0 radical (unpaired) electrons. The number of anilines is 2. The summed E-state index contributed by atoms with van der Waals surface area (Å²) in [5, 5.41) is 27.3. The lowest BCUT2D eigenvalue weighted by Crippen LogP contribution is -2.43. The molecule has 12 nitrogen and oxygen atoms in total. The molecule has 1 saturated heterocycles. The van der Waals surface area contributed by atoms with Gasteiger partial charge in [-0.25, -0.2) is 19.7 Å². The van der Waals surface area contributed by atoms with E-state index in [1.807, 2.05) is 24.3 Å². The van der Waals surface area contributed by atoms with Crippen molar-refractivity contribution < 1.29 is 19.7 Å². The highest BCUT2D eigenvalue weighted by Gasteiger charge is 2.45. The first-order valence-corrected chi connectivity index (χ1v) is 13.8. The highest BCUT2D eigenvalue weighted by atomic mass is 16.6. The topological polar surface area (TPSA) is 164 Å². The van der Waals surface area contributed by atoms with E-state index >= 15 is 0 Å². The van der Waals surface area contributed by atoms with E-state index < -0.39 is 24.5 Å². The Morgan fingerprint density at radius 2 is 1.85 bits per heavy atom. The Labute approximate surface area is 235 Å². The number of unbranched alkanes of at least 4 members (excludes halogenated alkanes) is 1. The number of aliphatic hydroxyl groups is 2.